The number of rotatable bonds is 9. The highest BCUT2D eigenvalue weighted by molar-refractivity contribution is 6.30. The molecule has 0 fully saturated rings. The Labute approximate surface area is 126 Å². The summed E-state index contributed by atoms with van der Waals surface area (Å²) in [6.45, 7) is 6.16. The van der Waals surface area contributed by atoms with Gasteiger partial charge in [0.05, 0.1) is 13.2 Å². The largest absolute Gasteiger partial charge is 0.383 e. The Bertz CT molecular complexity index is 401. The molecule has 0 atom stereocenters. The standard InChI is InChI=1S/C16H24ClNO2/c1-4-15(5-2)18(10-11-20-3)12-16(19)13-6-8-14(17)9-7-13/h6-9,15H,4-5,10-12H2,1-3H3. The molecular formula is C16H24ClNO2. The predicted molar refractivity (Wildman–Crippen MR) is 83.6 cm³/mol. The van der Waals surface area contributed by atoms with E-state index < -0.39 is 0 Å². The van der Waals surface area contributed by atoms with Crippen LogP contribution in [0.4, 0.5) is 0 Å². The van der Waals surface area contributed by atoms with Crippen molar-refractivity contribution < 1.29 is 9.53 Å². The molecule has 3 nitrogen and oxygen atoms in total. The Hall–Kier alpha value is -0.900. The Morgan fingerprint density at radius 1 is 1.25 bits per heavy atom. The molecule has 4 heteroatoms. The number of carbonyl (C=O) groups is 1. The maximum absolute atomic E-state index is 12.3. The first-order chi connectivity index (χ1) is 9.62. The molecule has 0 N–H and O–H groups in total. The molecule has 112 valence electrons. The molecular weight excluding hydrogens is 274 g/mol. The first kappa shape index (κ1) is 17.2. The van der Waals surface area contributed by atoms with Gasteiger partial charge in [0.2, 0.25) is 0 Å². The van der Waals surface area contributed by atoms with Crippen molar-refractivity contribution in [2.24, 2.45) is 0 Å². The summed E-state index contributed by atoms with van der Waals surface area (Å²) >= 11 is 5.85. The Balaban J connectivity index is 2.72. The molecule has 0 saturated heterocycles. The van der Waals surface area contributed by atoms with E-state index in [1.54, 1.807) is 31.4 Å². The van der Waals surface area contributed by atoms with Crippen LogP contribution >= 0.6 is 11.6 Å². The molecule has 1 rings (SSSR count). The van der Waals surface area contributed by atoms with E-state index in [0.717, 1.165) is 19.4 Å². The Kier molecular flexibility index (Phi) is 7.82. The third kappa shape index (κ3) is 5.23. The van der Waals surface area contributed by atoms with Gasteiger partial charge in [-0.1, -0.05) is 25.4 Å². The maximum Gasteiger partial charge on any atom is 0.176 e. The zero-order valence-corrected chi connectivity index (χ0v) is 13.3. The summed E-state index contributed by atoms with van der Waals surface area (Å²) in [5, 5.41) is 0.651. The van der Waals surface area contributed by atoms with Crippen LogP contribution in [0, 0.1) is 0 Å². The Morgan fingerprint density at radius 3 is 2.35 bits per heavy atom. The van der Waals surface area contributed by atoms with E-state index in [9.17, 15) is 4.79 Å². The first-order valence-electron chi connectivity index (χ1n) is 7.14. The lowest BCUT2D eigenvalue weighted by molar-refractivity contribution is 0.0811. The van der Waals surface area contributed by atoms with Crippen LogP contribution in [-0.4, -0.2) is 43.5 Å². The zero-order chi connectivity index (χ0) is 15.0. The summed E-state index contributed by atoms with van der Waals surface area (Å²) in [5.41, 5.74) is 0.711. The van der Waals surface area contributed by atoms with Gasteiger partial charge in [0.15, 0.2) is 5.78 Å². The summed E-state index contributed by atoms with van der Waals surface area (Å²) in [6, 6.07) is 7.50. The number of hydrogen-bond acceptors (Lipinski definition) is 3. The number of nitrogens with zero attached hydrogens (tertiary/aromatic N) is 1. The topological polar surface area (TPSA) is 29.5 Å². The molecule has 0 unspecified atom stereocenters. The van der Waals surface area contributed by atoms with Crippen LogP contribution in [-0.2, 0) is 4.74 Å². The number of halogens is 1. The second kappa shape index (κ2) is 9.11. The molecule has 0 aliphatic carbocycles. The van der Waals surface area contributed by atoms with Crippen molar-refractivity contribution in [2.45, 2.75) is 32.7 Å². The molecule has 0 saturated carbocycles. The maximum atomic E-state index is 12.3. The van der Waals surface area contributed by atoms with Crippen LogP contribution < -0.4 is 0 Å². The number of ketones is 1. The van der Waals surface area contributed by atoms with E-state index in [2.05, 4.69) is 18.7 Å². The van der Waals surface area contributed by atoms with Gasteiger partial charge >= 0.3 is 0 Å². The summed E-state index contributed by atoms with van der Waals surface area (Å²) in [7, 11) is 1.69. The molecule has 0 spiro atoms. The van der Waals surface area contributed by atoms with E-state index >= 15 is 0 Å². The number of carbonyl (C=O) groups excluding carboxylic acids is 1. The Morgan fingerprint density at radius 2 is 1.85 bits per heavy atom. The average molecular weight is 298 g/mol. The number of hydrogen-bond donors (Lipinski definition) is 0. The molecule has 20 heavy (non-hydrogen) atoms. The first-order valence-corrected chi connectivity index (χ1v) is 7.51. The van der Waals surface area contributed by atoms with Crippen molar-refractivity contribution in [2.75, 3.05) is 26.8 Å². The zero-order valence-electron chi connectivity index (χ0n) is 12.6. The minimum absolute atomic E-state index is 0.129. The van der Waals surface area contributed by atoms with Gasteiger partial charge in [-0.2, -0.15) is 0 Å². The number of benzene rings is 1. The lowest BCUT2D eigenvalue weighted by Crippen LogP contribution is -2.40. The SMILES string of the molecule is CCC(CC)N(CCOC)CC(=O)c1ccc(Cl)cc1. The smallest absolute Gasteiger partial charge is 0.176 e. The fraction of sp³-hybridized carbons (Fsp3) is 0.562. The van der Waals surface area contributed by atoms with Crippen LogP contribution in [0.25, 0.3) is 0 Å². The lowest BCUT2D eigenvalue weighted by atomic mass is 10.1. The second-order valence-electron chi connectivity index (χ2n) is 4.86. The van der Waals surface area contributed by atoms with Gasteiger partial charge in [0.25, 0.3) is 0 Å². The van der Waals surface area contributed by atoms with Crippen LogP contribution in [0.15, 0.2) is 24.3 Å². The molecule has 1 aromatic carbocycles. The van der Waals surface area contributed by atoms with Gasteiger partial charge < -0.3 is 4.74 Å². The number of Topliss-reactive ketones (excluding diaryl/α,β-unsaturated/α-hetero) is 1. The van der Waals surface area contributed by atoms with Gasteiger partial charge in [-0.3, -0.25) is 9.69 Å². The molecule has 0 amide bonds. The molecule has 0 heterocycles. The summed E-state index contributed by atoms with van der Waals surface area (Å²) in [4.78, 5) is 14.5. The molecule has 1 aromatic rings. The molecule has 0 aliphatic rings. The third-order valence-corrected chi connectivity index (χ3v) is 3.81. The van der Waals surface area contributed by atoms with Gasteiger partial charge in [-0.25, -0.2) is 0 Å². The van der Waals surface area contributed by atoms with Crippen molar-refractivity contribution in [3.63, 3.8) is 0 Å². The minimum atomic E-state index is 0.129. The second-order valence-corrected chi connectivity index (χ2v) is 5.30. The van der Waals surface area contributed by atoms with Crippen LogP contribution in [0.5, 0.6) is 0 Å². The molecule has 0 aromatic heterocycles. The van der Waals surface area contributed by atoms with Crippen molar-refractivity contribution in [3.05, 3.63) is 34.9 Å². The van der Waals surface area contributed by atoms with Crippen molar-refractivity contribution in [1.82, 2.24) is 4.90 Å². The van der Waals surface area contributed by atoms with Gasteiger partial charge in [-0.15, -0.1) is 0 Å². The summed E-state index contributed by atoms with van der Waals surface area (Å²) in [6.07, 6.45) is 2.07. The van der Waals surface area contributed by atoms with Crippen LogP contribution in [0.3, 0.4) is 0 Å². The van der Waals surface area contributed by atoms with Crippen LogP contribution in [0.2, 0.25) is 5.02 Å². The van der Waals surface area contributed by atoms with Gasteiger partial charge in [0, 0.05) is 30.3 Å². The van der Waals surface area contributed by atoms with Crippen LogP contribution in [0.1, 0.15) is 37.0 Å². The minimum Gasteiger partial charge on any atom is -0.383 e. The van der Waals surface area contributed by atoms with E-state index in [1.807, 2.05) is 0 Å². The fourth-order valence-corrected chi connectivity index (χ4v) is 2.44. The van der Waals surface area contributed by atoms with Gasteiger partial charge in [-0.05, 0) is 37.1 Å². The third-order valence-electron chi connectivity index (χ3n) is 3.55. The highest BCUT2D eigenvalue weighted by Crippen LogP contribution is 2.13. The van der Waals surface area contributed by atoms with E-state index in [1.165, 1.54) is 0 Å². The van der Waals surface area contributed by atoms with E-state index in [4.69, 9.17) is 16.3 Å². The predicted octanol–water partition coefficient (Wildman–Crippen LogP) is 3.66. The lowest BCUT2D eigenvalue weighted by Gasteiger charge is -2.29. The van der Waals surface area contributed by atoms with Crippen molar-refractivity contribution in [3.8, 4) is 0 Å². The van der Waals surface area contributed by atoms with Crippen molar-refractivity contribution >= 4 is 17.4 Å². The molecule has 0 radical (unpaired) electrons. The molecule has 0 aliphatic heterocycles. The van der Waals surface area contributed by atoms with Crippen molar-refractivity contribution in [1.29, 1.82) is 0 Å². The fourth-order valence-electron chi connectivity index (χ4n) is 2.32. The van der Waals surface area contributed by atoms with E-state index in [-0.39, 0.29) is 5.78 Å². The number of methoxy groups -OCH3 is 1. The monoisotopic (exact) mass is 297 g/mol. The average Bonchev–Trinajstić information content (AvgIpc) is 2.46. The molecule has 0 bridgehead atoms. The summed E-state index contributed by atoms with van der Waals surface area (Å²) in [5.74, 6) is 0.129. The normalized spacial score (nSPS) is 11.3. The number of ether oxygens (including phenoxy) is 1. The summed E-state index contributed by atoms with van der Waals surface area (Å²) < 4.78 is 5.14. The van der Waals surface area contributed by atoms with Gasteiger partial charge in [0.1, 0.15) is 0 Å². The quantitative estimate of drug-likeness (QED) is 0.652. The highest BCUT2D eigenvalue weighted by atomic mass is 35.5. The van der Waals surface area contributed by atoms with E-state index in [0.29, 0.717) is 29.8 Å². The highest BCUT2D eigenvalue weighted by Gasteiger charge is 2.18.